The Labute approximate surface area is 116 Å². The Morgan fingerprint density at radius 3 is 2.74 bits per heavy atom. The van der Waals surface area contributed by atoms with Crippen molar-refractivity contribution in [3.63, 3.8) is 0 Å². The molecule has 2 saturated heterocycles. The van der Waals surface area contributed by atoms with Crippen molar-refractivity contribution in [2.75, 3.05) is 46.4 Å². The maximum Gasteiger partial charge on any atom is 0.227 e. The summed E-state index contributed by atoms with van der Waals surface area (Å²) in [6, 6.07) is 0.163. The molecule has 19 heavy (non-hydrogen) atoms. The summed E-state index contributed by atoms with van der Waals surface area (Å²) in [5.41, 5.74) is 0. The highest BCUT2D eigenvalue weighted by Crippen LogP contribution is 2.15. The molecule has 1 amide bonds. The van der Waals surface area contributed by atoms with Gasteiger partial charge < -0.3 is 20.3 Å². The molecule has 0 spiro atoms. The lowest BCUT2D eigenvalue weighted by atomic mass is 9.99. The minimum atomic E-state index is -0.0358. The van der Waals surface area contributed by atoms with Crippen molar-refractivity contribution >= 4 is 5.91 Å². The Bertz CT molecular complexity index is 290. The van der Waals surface area contributed by atoms with Crippen molar-refractivity contribution in [3.05, 3.63) is 0 Å². The molecule has 0 aromatic heterocycles. The molecule has 0 aromatic carbocycles. The Morgan fingerprint density at radius 1 is 1.32 bits per heavy atom. The van der Waals surface area contributed by atoms with Gasteiger partial charge in [0.05, 0.1) is 19.1 Å². The lowest BCUT2D eigenvalue weighted by Gasteiger charge is -2.30. The molecule has 0 bridgehead atoms. The van der Waals surface area contributed by atoms with Crippen LogP contribution < -0.4 is 10.6 Å². The number of ether oxygens (including phenoxy) is 1. The van der Waals surface area contributed by atoms with Gasteiger partial charge in [-0.1, -0.05) is 6.92 Å². The Morgan fingerprint density at radius 2 is 2.05 bits per heavy atom. The number of amides is 1. The van der Waals surface area contributed by atoms with Crippen molar-refractivity contribution in [2.24, 2.45) is 11.8 Å². The van der Waals surface area contributed by atoms with Crippen LogP contribution in [0.4, 0.5) is 0 Å². The van der Waals surface area contributed by atoms with E-state index in [2.05, 4.69) is 22.5 Å². The van der Waals surface area contributed by atoms with Gasteiger partial charge in [-0.05, 0) is 38.9 Å². The van der Waals surface area contributed by atoms with E-state index in [9.17, 15) is 4.79 Å². The first-order valence-corrected chi connectivity index (χ1v) is 7.45. The molecule has 0 aromatic rings. The molecule has 2 atom stereocenters. The molecule has 2 unspecified atom stereocenters. The minimum Gasteiger partial charge on any atom is -0.379 e. The fourth-order valence-electron chi connectivity index (χ4n) is 2.85. The van der Waals surface area contributed by atoms with E-state index < -0.39 is 0 Å². The highest BCUT2D eigenvalue weighted by atomic mass is 16.5. The van der Waals surface area contributed by atoms with Gasteiger partial charge in [-0.25, -0.2) is 0 Å². The van der Waals surface area contributed by atoms with E-state index in [-0.39, 0.29) is 17.9 Å². The van der Waals surface area contributed by atoms with Crippen molar-refractivity contribution in [1.29, 1.82) is 0 Å². The van der Waals surface area contributed by atoms with Gasteiger partial charge in [0, 0.05) is 19.1 Å². The number of carbonyl (C=O) groups is 1. The number of piperidine rings is 1. The third-order valence-corrected chi connectivity index (χ3v) is 4.39. The number of carbonyl (C=O) groups excluding carboxylic acids is 1. The topological polar surface area (TPSA) is 53.6 Å². The van der Waals surface area contributed by atoms with Crippen LogP contribution in [0.15, 0.2) is 0 Å². The zero-order chi connectivity index (χ0) is 13.7. The Balaban J connectivity index is 1.64. The molecule has 2 fully saturated rings. The molecule has 0 aliphatic carbocycles. The fraction of sp³-hybridized carbons (Fsp3) is 0.929. The number of likely N-dealkylation sites (N-methyl/N-ethyl adjacent to an activating group) is 1. The summed E-state index contributed by atoms with van der Waals surface area (Å²) in [4.78, 5) is 14.5. The highest BCUT2D eigenvalue weighted by Gasteiger charge is 2.32. The van der Waals surface area contributed by atoms with E-state index in [1.807, 2.05) is 7.05 Å². The maximum absolute atomic E-state index is 12.1. The van der Waals surface area contributed by atoms with Crippen molar-refractivity contribution in [1.82, 2.24) is 15.5 Å². The number of likely N-dealkylation sites (tertiary alicyclic amines) is 1. The Hall–Kier alpha value is -0.650. The van der Waals surface area contributed by atoms with Crippen molar-refractivity contribution < 1.29 is 9.53 Å². The van der Waals surface area contributed by atoms with Crippen molar-refractivity contribution in [2.45, 2.75) is 25.8 Å². The molecule has 0 radical (unpaired) electrons. The smallest absolute Gasteiger partial charge is 0.227 e. The van der Waals surface area contributed by atoms with Crippen LogP contribution in [0.1, 0.15) is 19.8 Å². The monoisotopic (exact) mass is 269 g/mol. The quantitative estimate of drug-likeness (QED) is 0.741. The lowest BCUT2D eigenvalue weighted by molar-refractivity contribution is -0.125. The van der Waals surface area contributed by atoms with Gasteiger partial charge >= 0.3 is 0 Å². The first kappa shape index (κ1) is 14.8. The fourth-order valence-corrected chi connectivity index (χ4v) is 2.85. The molecule has 2 aliphatic rings. The maximum atomic E-state index is 12.1. The molecule has 2 rings (SSSR count). The molecular weight excluding hydrogens is 242 g/mol. The predicted molar refractivity (Wildman–Crippen MR) is 75.0 cm³/mol. The van der Waals surface area contributed by atoms with Crippen LogP contribution in [0.2, 0.25) is 0 Å². The summed E-state index contributed by atoms with van der Waals surface area (Å²) >= 11 is 0. The SMILES string of the molecule is CNC1COCC1C(=O)NCCN1CCC(C)CC1. The van der Waals surface area contributed by atoms with E-state index >= 15 is 0 Å². The van der Waals surface area contributed by atoms with Crippen LogP contribution in [0.3, 0.4) is 0 Å². The second-order valence-electron chi connectivity index (χ2n) is 5.85. The highest BCUT2D eigenvalue weighted by molar-refractivity contribution is 5.79. The second kappa shape index (κ2) is 7.22. The first-order chi connectivity index (χ1) is 9.20. The first-order valence-electron chi connectivity index (χ1n) is 7.45. The molecule has 5 heteroatoms. The molecule has 2 N–H and O–H groups in total. The molecule has 2 heterocycles. The summed E-state index contributed by atoms with van der Waals surface area (Å²) in [5, 5.41) is 6.19. The molecule has 2 aliphatic heterocycles. The third kappa shape index (κ3) is 4.16. The number of hydrogen-bond donors (Lipinski definition) is 2. The number of nitrogens with one attached hydrogen (secondary N) is 2. The summed E-state index contributed by atoms with van der Waals surface area (Å²) in [6.07, 6.45) is 2.57. The standard InChI is InChI=1S/C14H27N3O2/c1-11-3-6-17(7-4-11)8-5-16-14(18)12-9-19-10-13(12)15-2/h11-13,15H,3-10H2,1-2H3,(H,16,18). The van der Waals surface area contributed by atoms with E-state index in [1.165, 1.54) is 25.9 Å². The van der Waals surface area contributed by atoms with Gasteiger partial charge in [0.15, 0.2) is 0 Å². The van der Waals surface area contributed by atoms with Crippen LogP contribution in [0.5, 0.6) is 0 Å². The van der Waals surface area contributed by atoms with Gasteiger partial charge in [-0.3, -0.25) is 4.79 Å². The van der Waals surface area contributed by atoms with Gasteiger partial charge in [0.1, 0.15) is 0 Å². The van der Waals surface area contributed by atoms with Crippen molar-refractivity contribution in [3.8, 4) is 0 Å². The van der Waals surface area contributed by atoms with Crippen LogP contribution in [-0.4, -0.2) is 63.3 Å². The minimum absolute atomic E-state index is 0.0358. The van der Waals surface area contributed by atoms with E-state index in [1.54, 1.807) is 0 Å². The van der Waals surface area contributed by atoms with E-state index in [0.29, 0.717) is 13.2 Å². The largest absolute Gasteiger partial charge is 0.379 e. The average molecular weight is 269 g/mol. The van der Waals surface area contributed by atoms with Gasteiger partial charge in [0.2, 0.25) is 5.91 Å². The average Bonchev–Trinajstić information content (AvgIpc) is 2.89. The van der Waals surface area contributed by atoms with Gasteiger partial charge in [-0.2, -0.15) is 0 Å². The second-order valence-corrected chi connectivity index (χ2v) is 5.85. The summed E-state index contributed by atoms with van der Waals surface area (Å²) in [5.74, 6) is 0.950. The normalized spacial score (nSPS) is 29.6. The number of nitrogens with zero attached hydrogens (tertiary/aromatic N) is 1. The predicted octanol–water partition coefficient (Wildman–Crippen LogP) is 0.0689. The molecule has 110 valence electrons. The van der Waals surface area contributed by atoms with Crippen LogP contribution in [0.25, 0.3) is 0 Å². The van der Waals surface area contributed by atoms with Crippen LogP contribution in [-0.2, 0) is 9.53 Å². The molecule has 5 nitrogen and oxygen atoms in total. The van der Waals surface area contributed by atoms with E-state index in [4.69, 9.17) is 4.74 Å². The van der Waals surface area contributed by atoms with Gasteiger partial charge in [-0.15, -0.1) is 0 Å². The third-order valence-electron chi connectivity index (χ3n) is 4.39. The summed E-state index contributed by atoms with van der Waals surface area (Å²) in [6.45, 7) is 7.55. The number of rotatable bonds is 5. The van der Waals surface area contributed by atoms with Crippen LogP contribution in [0, 0.1) is 11.8 Å². The summed E-state index contributed by atoms with van der Waals surface area (Å²) in [7, 11) is 1.88. The van der Waals surface area contributed by atoms with E-state index in [0.717, 1.165) is 19.0 Å². The number of hydrogen-bond acceptors (Lipinski definition) is 4. The van der Waals surface area contributed by atoms with Crippen LogP contribution >= 0.6 is 0 Å². The lowest BCUT2D eigenvalue weighted by Crippen LogP contribution is -2.45. The molecular formula is C14H27N3O2. The zero-order valence-corrected chi connectivity index (χ0v) is 12.2. The Kier molecular flexibility index (Phi) is 5.60. The van der Waals surface area contributed by atoms with Gasteiger partial charge in [0.25, 0.3) is 0 Å². The zero-order valence-electron chi connectivity index (χ0n) is 12.2. The summed E-state index contributed by atoms with van der Waals surface area (Å²) < 4.78 is 5.36. The molecule has 0 saturated carbocycles.